The van der Waals surface area contributed by atoms with E-state index < -0.39 is 0 Å². The summed E-state index contributed by atoms with van der Waals surface area (Å²) in [5.74, 6) is 0.115. The van der Waals surface area contributed by atoms with Crippen molar-refractivity contribution in [2.24, 2.45) is 5.92 Å². The maximum atomic E-state index is 12.9. The predicted molar refractivity (Wildman–Crippen MR) is 119 cm³/mol. The molecule has 0 fully saturated rings. The Kier molecular flexibility index (Phi) is 6.47. The fraction of sp³-hybridized carbons (Fsp3) is 0.500. The van der Waals surface area contributed by atoms with Crippen LogP contribution in [0.3, 0.4) is 0 Å². The minimum absolute atomic E-state index is 0.0364. The molecule has 4 nitrogen and oxygen atoms in total. The fourth-order valence-corrected chi connectivity index (χ4v) is 5.15. The molecule has 1 atom stereocenters. The van der Waals surface area contributed by atoms with Gasteiger partial charge in [0.15, 0.2) is 0 Å². The Balaban J connectivity index is 1.88. The fourth-order valence-electron chi connectivity index (χ4n) is 3.81. The molecule has 1 amide bonds. The van der Waals surface area contributed by atoms with Gasteiger partial charge in [0.1, 0.15) is 5.00 Å². The van der Waals surface area contributed by atoms with Gasteiger partial charge in [0.05, 0.1) is 12.2 Å². The summed E-state index contributed by atoms with van der Waals surface area (Å²) in [6.45, 7) is 10.8. The van der Waals surface area contributed by atoms with Crippen LogP contribution in [-0.4, -0.2) is 18.5 Å². The van der Waals surface area contributed by atoms with Crippen LogP contribution in [0.4, 0.5) is 5.00 Å². The predicted octanol–water partition coefficient (Wildman–Crippen LogP) is 5.99. The van der Waals surface area contributed by atoms with Crippen molar-refractivity contribution < 1.29 is 14.3 Å². The van der Waals surface area contributed by atoms with E-state index in [9.17, 15) is 9.59 Å². The lowest BCUT2D eigenvalue weighted by Gasteiger charge is -2.21. The van der Waals surface area contributed by atoms with E-state index in [1.165, 1.54) is 21.8 Å². The molecule has 0 radical (unpaired) electrons. The monoisotopic (exact) mass is 413 g/mol. The van der Waals surface area contributed by atoms with Crippen LogP contribution in [0.2, 0.25) is 0 Å². The molecule has 1 aliphatic rings. The van der Waals surface area contributed by atoms with Crippen molar-refractivity contribution in [1.29, 1.82) is 0 Å². The lowest BCUT2D eigenvalue weighted by atomic mass is 9.85. The van der Waals surface area contributed by atoms with Gasteiger partial charge >= 0.3 is 5.97 Å². The maximum absolute atomic E-state index is 12.9. The van der Waals surface area contributed by atoms with E-state index in [-0.39, 0.29) is 17.3 Å². The maximum Gasteiger partial charge on any atom is 0.341 e. The molecule has 1 heterocycles. The highest BCUT2D eigenvalue weighted by Gasteiger charge is 2.30. The van der Waals surface area contributed by atoms with Crippen LogP contribution in [0.1, 0.15) is 84.2 Å². The molecule has 0 saturated heterocycles. The normalized spacial score (nSPS) is 16.2. The van der Waals surface area contributed by atoms with E-state index in [4.69, 9.17) is 4.74 Å². The van der Waals surface area contributed by atoms with E-state index in [0.717, 1.165) is 31.2 Å². The SMILES string of the molecule is CCOC(=O)c1c(NC(=O)c2ccc(C(C)(C)C)cc2)sc2c1CCC(CC)C2. The largest absolute Gasteiger partial charge is 0.462 e. The molecule has 1 N–H and O–H groups in total. The van der Waals surface area contributed by atoms with Crippen LogP contribution in [0.15, 0.2) is 24.3 Å². The smallest absolute Gasteiger partial charge is 0.341 e. The number of anilines is 1. The molecule has 1 unspecified atom stereocenters. The molecule has 0 aliphatic heterocycles. The van der Waals surface area contributed by atoms with Gasteiger partial charge in [-0.15, -0.1) is 11.3 Å². The van der Waals surface area contributed by atoms with Crippen LogP contribution in [0, 0.1) is 5.92 Å². The Morgan fingerprint density at radius 3 is 2.45 bits per heavy atom. The van der Waals surface area contributed by atoms with E-state index >= 15 is 0 Å². The number of ether oxygens (including phenoxy) is 1. The molecule has 1 aliphatic carbocycles. The second-order valence-electron chi connectivity index (χ2n) is 8.73. The number of fused-ring (bicyclic) bond motifs is 1. The average Bonchev–Trinajstić information content (AvgIpc) is 3.04. The van der Waals surface area contributed by atoms with Gasteiger partial charge in [-0.1, -0.05) is 46.2 Å². The van der Waals surface area contributed by atoms with Gasteiger partial charge in [0, 0.05) is 10.4 Å². The van der Waals surface area contributed by atoms with Gasteiger partial charge in [-0.25, -0.2) is 4.79 Å². The minimum Gasteiger partial charge on any atom is -0.462 e. The summed E-state index contributed by atoms with van der Waals surface area (Å²) in [6.07, 6.45) is 4.05. The zero-order chi connectivity index (χ0) is 21.2. The van der Waals surface area contributed by atoms with E-state index in [1.54, 1.807) is 6.92 Å². The second kappa shape index (κ2) is 8.70. The van der Waals surface area contributed by atoms with Gasteiger partial charge in [0.2, 0.25) is 0 Å². The number of carbonyl (C=O) groups excluding carboxylic acids is 2. The van der Waals surface area contributed by atoms with Crippen molar-refractivity contribution in [2.45, 2.75) is 65.7 Å². The third-order valence-corrected chi connectivity index (χ3v) is 6.83. The topological polar surface area (TPSA) is 55.4 Å². The quantitative estimate of drug-likeness (QED) is 0.613. The number of esters is 1. The molecule has 3 rings (SSSR count). The second-order valence-corrected chi connectivity index (χ2v) is 9.83. The summed E-state index contributed by atoms with van der Waals surface area (Å²) in [6, 6.07) is 7.68. The zero-order valence-electron chi connectivity index (χ0n) is 18.1. The van der Waals surface area contributed by atoms with Crippen molar-refractivity contribution in [2.75, 3.05) is 11.9 Å². The van der Waals surface area contributed by atoms with Gasteiger partial charge < -0.3 is 10.1 Å². The molecule has 156 valence electrons. The van der Waals surface area contributed by atoms with Crippen LogP contribution in [-0.2, 0) is 23.0 Å². The van der Waals surface area contributed by atoms with Crippen molar-refractivity contribution in [3.05, 3.63) is 51.4 Å². The van der Waals surface area contributed by atoms with Crippen molar-refractivity contribution >= 4 is 28.2 Å². The summed E-state index contributed by atoms with van der Waals surface area (Å²) in [5, 5.41) is 3.61. The van der Waals surface area contributed by atoms with E-state index in [0.29, 0.717) is 28.7 Å². The average molecular weight is 414 g/mol. The van der Waals surface area contributed by atoms with Crippen molar-refractivity contribution in [1.82, 2.24) is 0 Å². The molecule has 0 spiro atoms. The van der Waals surface area contributed by atoms with Crippen LogP contribution in [0.25, 0.3) is 0 Å². The molecule has 5 heteroatoms. The Morgan fingerprint density at radius 2 is 1.86 bits per heavy atom. The number of benzene rings is 1. The summed E-state index contributed by atoms with van der Waals surface area (Å²) in [7, 11) is 0. The lowest BCUT2D eigenvalue weighted by Crippen LogP contribution is -2.17. The highest BCUT2D eigenvalue weighted by atomic mass is 32.1. The molecule has 1 aromatic heterocycles. The van der Waals surface area contributed by atoms with Crippen LogP contribution < -0.4 is 5.32 Å². The summed E-state index contributed by atoms with van der Waals surface area (Å²) in [4.78, 5) is 26.8. The number of amides is 1. The highest BCUT2D eigenvalue weighted by molar-refractivity contribution is 7.17. The Bertz CT molecular complexity index is 890. The zero-order valence-corrected chi connectivity index (χ0v) is 18.9. The number of rotatable bonds is 5. The lowest BCUT2D eigenvalue weighted by molar-refractivity contribution is 0.0526. The van der Waals surface area contributed by atoms with Crippen molar-refractivity contribution in [3.8, 4) is 0 Å². The molecular formula is C24H31NO3S. The van der Waals surface area contributed by atoms with Gasteiger partial charge in [0.25, 0.3) is 5.91 Å². The molecule has 29 heavy (non-hydrogen) atoms. The summed E-state index contributed by atoms with van der Waals surface area (Å²) < 4.78 is 5.30. The number of hydrogen-bond donors (Lipinski definition) is 1. The van der Waals surface area contributed by atoms with E-state index in [1.807, 2.05) is 24.3 Å². The highest BCUT2D eigenvalue weighted by Crippen LogP contribution is 2.41. The molecule has 0 saturated carbocycles. The number of hydrogen-bond acceptors (Lipinski definition) is 4. The van der Waals surface area contributed by atoms with Crippen molar-refractivity contribution in [3.63, 3.8) is 0 Å². The first-order valence-corrected chi connectivity index (χ1v) is 11.3. The number of nitrogens with one attached hydrogen (secondary N) is 1. The summed E-state index contributed by atoms with van der Waals surface area (Å²) in [5.41, 5.74) is 3.43. The van der Waals surface area contributed by atoms with Gasteiger partial charge in [-0.2, -0.15) is 0 Å². The third-order valence-electron chi connectivity index (χ3n) is 5.66. The number of carbonyl (C=O) groups is 2. The number of thiophene rings is 1. The minimum atomic E-state index is -0.335. The standard InChI is InChI=1S/C24H31NO3S/c1-6-15-8-13-18-19(14-15)29-22(20(18)23(27)28-7-2)25-21(26)16-9-11-17(12-10-16)24(3,4)5/h9-12,15H,6-8,13-14H2,1-5H3,(H,25,26). The van der Waals surface area contributed by atoms with Gasteiger partial charge in [-0.05, 0) is 60.8 Å². The van der Waals surface area contributed by atoms with Gasteiger partial charge in [-0.3, -0.25) is 4.79 Å². The van der Waals surface area contributed by atoms with Crippen LogP contribution >= 0.6 is 11.3 Å². The van der Waals surface area contributed by atoms with E-state index in [2.05, 4.69) is 33.0 Å². The first-order valence-electron chi connectivity index (χ1n) is 10.5. The Hall–Kier alpha value is -2.14. The Labute approximate surface area is 177 Å². The Morgan fingerprint density at radius 1 is 1.17 bits per heavy atom. The summed E-state index contributed by atoms with van der Waals surface area (Å²) >= 11 is 1.53. The first kappa shape index (κ1) is 21.6. The van der Waals surface area contributed by atoms with Crippen LogP contribution in [0.5, 0.6) is 0 Å². The molecule has 2 aromatic rings. The first-order chi connectivity index (χ1) is 13.7. The molecular weight excluding hydrogens is 382 g/mol. The molecule has 1 aromatic carbocycles. The third kappa shape index (κ3) is 4.72. The molecule has 0 bridgehead atoms.